The molecule has 1 aromatic carbocycles. The molecule has 0 saturated carbocycles. The molecule has 98 valence electrons. The highest BCUT2D eigenvalue weighted by molar-refractivity contribution is 5.84. The second-order valence-corrected chi connectivity index (χ2v) is 4.53. The highest BCUT2D eigenvalue weighted by Crippen LogP contribution is 2.22. The van der Waals surface area contributed by atoms with Crippen molar-refractivity contribution < 1.29 is 0 Å². The molecule has 6 nitrogen and oxygen atoms in total. The number of para-hydroxylation sites is 1. The Morgan fingerprint density at radius 3 is 2.84 bits per heavy atom. The summed E-state index contributed by atoms with van der Waals surface area (Å²) in [6, 6.07) is 8.31. The maximum Gasteiger partial charge on any atom is 0.194 e. The minimum Gasteiger partial charge on any atom is -0.339 e. The largest absolute Gasteiger partial charge is 0.339 e. The first kappa shape index (κ1) is 11.9. The van der Waals surface area contributed by atoms with E-state index < -0.39 is 0 Å². The lowest BCUT2D eigenvalue weighted by molar-refractivity contribution is 0.625. The lowest BCUT2D eigenvalue weighted by Gasteiger charge is -2.00. The summed E-state index contributed by atoms with van der Waals surface area (Å²) in [7, 11) is 1.77. The first-order valence-electron chi connectivity index (χ1n) is 6.27. The maximum absolute atomic E-state index is 5.67. The van der Waals surface area contributed by atoms with Gasteiger partial charge in [0.05, 0.1) is 13.6 Å². The minimum absolute atomic E-state index is 0.624. The quantitative estimate of drug-likeness (QED) is 0.746. The summed E-state index contributed by atoms with van der Waals surface area (Å²) < 4.78 is 2.15. The molecule has 0 saturated heterocycles. The molecule has 3 rings (SSSR count). The zero-order valence-corrected chi connectivity index (χ0v) is 10.8. The maximum atomic E-state index is 5.67. The van der Waals surface area contributed by atoms with Crippen molar-refractivity contribution in [2.75, 3.05) is 6.54 Å². The molecule has 0 aliphatic heterocycles. The highest BCUT2D eigenvalue weighted by atomic mass is 15.6. The van der Waals surface area contributed by atoms with Crippen LogP contribution in [-0.2, 0) is 20.0 Å². The van der Waals surface area contributed by atoms with Gasteiger partial charge in [-0.3, -0.25) is 0 Å². The Morgan fingerprint density at radius 1 is 1.26 bits per heavy atom. The van der Waals surface area contributed by atoms with E-state index >= 15 is 0 Å². The average Bonchev–Trinajstić information content (AvgIpc) is 2.97. The Balaban J connectivity index is 2.03. The number of aromatic nitrogens is 5. The van der Waals surface area contributed by atoms with Crippen LogP contribution < -0.4 is 5.73 Å². The normalized spacial score (nSPS) is 11.3. The second kappa shape index (κ2) is 4.81. The van der Waals surface area contributed by atoms with Gasteiger partial charge in [-0.05, 0) is 29.8 Å². The molecule has 2 heterocycles. The molecule has 0 amide bonds. The summed E-state index contributed by atoms with van der Waals surface area (Å²) in [6.07, 6.45) is 3.01. The van der Waals surface area contributed by atoms with Gasteiger partial charge in [0, 0.05) is 17.1 Å². The monoisotopic (exact) mass is 256 g/mol. The van der Waals surface area contributed by atoms with Crippen LogP contribution in [0.3, 0.4) is 0 Å². The van der Waals surface area contributed by atoms with Crippen molar-refractivity contribution >= 4 is 10.9 Å². The van der Waals surface area contributed by atoms with Crippen LogP contribution in [0.1, 0.15) is 11.4 Å². The van der Waals surface area contributed by atoms with Gasteiger partial charge in [-0.1, -0.05) is 18.2 Å². The van der Waals surface area contributed by atoms with Crippen LogP contribution >= 0.6 is 0 Å². The molecular weight excluding hydrogens is 240 g/mol. The Bertz CT molecular complexity index is 696. The fourth-order valence-corrected chi connectivity index (χ4v) is 2.35. The van der Waals surface area contributed by atoms with Crippen molar-refractivity contribution in [2.24, 2.45) is 12.8 Å². The molecule has 0 unspecified atom stereocenters. The standard InChI is InChI=1S/C13H16N6/c1-18-16-13(15-17-18)9-19-8-10(6-7-14)11-4-2-3-5-12(11)19/h2-5,8H,6-7,9,14H2,1H3. The number of fused-ring (bicyclic) bond motifs is 1. The molecule has 3 aromatic rings. The van der Waals surface area contributed by atoms with Gasteiger partial charge in [-0.2, -0.15) is 4.80 Å². The molecule has 6 heteroatoms. The second-order valence-electron chi connectivity index (χ2n) is 4.53. The molecule has 0 spiro atoms. The molecule has 0 fully saturated rings. The van der Waals surface area contributed by atoms with Gasteiger partial charge in [0.1, 0.15) is 0 Å². The van der Waals surface area contributed by atoms with Gasteiger partial charge in [-0.15, -0.1) is 10.2 Å². The van der Waals surface area contributed by atoms with Crippen LogP contribution in [0, 0.1) is 0 Å². The van der Waals surface area contributed by atoms with E-state index in [1.165, 1.54) is 21.3 Å². The molecule has 0 aliphatic carbocycles. The first-order valence-corrected chi connectivity index (χ1v) is 6.27. The van der Waals surface area contributed by atoms with E-state index in [4.69, 9.17) is 5.73 Å². The number of rotatable bonds is 4. The third kappa shape index (κ3) is 2.22. The topological polar surface area (TPSA) is 74.5 Å². The Morgan fingerprint density at radius 2 is 2.11 bits per heavy atom. The Hall–Kier alpha value is -2.21. The fraction of sp³-hybridized carbons (Fsp3) is 0.308. The average molecular weight is 256 g/mol. The molecule has 0 atom stereocenters. The first-order chi connectivity index (χ1) is 9.28. The van der Waals surface area contributed by atoms with Crippen LogP contribution in [0.15, 0.2) is 30.5 Å². The van der Waals surface area contributed by atoms with Crippen LogP contribution in [-0.4, -0.2) is 31.3 Å². The number of aryl methyl sites for hydroxylation is 1. The van der Waals surface area contributed by atoms with Crippen molar-refractivity contribution in [3.05, 3.63) is 41.9 Å². The smallest absolute Gasteiger partial charge is 0.194 e. The van der Waals surface area contributed by atoms with E-state index in [9.17, 15) is 0 Å². The fourth-order valence-electron chi connectivity index (χ4n) is 2.35. The van der Waals surface area contributed by atoms with Crippen LogP contribution in [0.4, 0.5) is 0 Å². The minimum atomic E-state index is 0.624. The van der Waals surface area contributed by atoms with E-state index in [1.54, 1.807) is 7.05 Å². The van der Waals surface area contributed by atoms with Gasteiger partial charge < -0.3 is 10.3 Å². The number of hydrogen-bond donors (Lipinski definition) is 1. The van der Waals surface area contributed by atoms with E-state index in [0.717, 1.165) is 6.42 Å². The third-order valence-corrected chi connectivity index (χ3v) is 3.15. The number of hydrogen-bond acceptors (Lipinski definition) is 4. The molecule has 0 bridgehead atoms. The summed E-state index contributed by atoms with van der Waals surface area (Å²) in [6.45, 7) is 1.27. The Kier molecular flexibility index (Phi) is 3.00. The highest BCUT2D eigenvalue weighted by Gasteiger charge is 2.09. The summed E-state index contributed by atoms with van der Waals surface area (Å²) in [5, 5.41) is 13.4. The van der Waals surface area contributed by atoms with E-state index in [0.29, 0.717) is 18.9 Å². The molecule has 19 heavy (non-hydrogen) atoms. The third-order valence-electron chi connectivity index (χ3n) is 3.15. The summed E-state index contributed by atoms with van der Waals surface area (Å²) >= 11 is 0. The van der Waals surface area contributed by atoms with Crippen molar-refractivity contribution in [1.82, 2.24) is 24.8 Å². The van der Waals surface area contributed by atoms with Crippen LogP contribution in [0.25, 0.3) is 10.9 Å². The summed E-state index contributed by atoms with van der Waals surface area (Å²) in [4.78, 5) is 1.47. The molecule has 0 aliphatic rings. The number of benzene rings is 1. The summed E-state index contributed by atoms with van der Waals surface area (Å²) in [5.41, 5.74) is 8.11. The SMILES string of the molecule is Cn1nnc(Cn2cc(CCN)c3ccccc32)n1. The number of nitrogens with zero attached hydrogens (tertiary/aromatic N) is 5. The van der Waals surface area contributed by atoms with Crippen molar-refractivity contribution in [1.29, 1.82) is 0 Å². The van der Waals surface area contributed by atoms with E-state index in [1.807, 2.05) is 12.1 Å². The van der Waals surface area contributed by atoms with Crippen molar-refractivity contribution in [3.63, 3.8) is 0 Å². The van der Waals surface area contributed by atoms with E-state index in [2.05, 4.69) is 38.3 Å². The van der Waals surface area contributed by atoms with Crippen molar-refractivity contribution in [3.8, 4) is 0 Å². The van der Waals surface area contributed by atoms with Gasteiger partial charge in [0.25, 0.3) is 0 Å². The lowest BCUT2D eigenvalue weighted by Crippen LogP contribution is -2.03. The summed E-state index contributed by atoms with van der Waals surface area (Å²) in [5.74, 6) is 0.711. The van der Waals surface area contributed by atoms with Gasteiger partial charge in [0.2, 0.25) is 0 Å². The molecule has 2 N–H and O–H groups in total. The predicted octanol–water partition coefficient (Wildman–Crippen LogP) is 0.714. The van der Waals surface area contributed by atoms with Gasteiger partial charge in [0.15, 0.2) is 5.82 Å². The molecule has 0 radical (unpaired) electrons. The van der Waals surface area contributed by atoms with E-state index in [-0.39, 0.29) is 0 Å². The molecule has 2 aromatic heterocycles. The van der Waals surface area contributed by atoms with Gasteiger partial charge >= 0.3 is 0 Å². The van der Waals surface area contributed by atoms with Crippen molar-refractivity contribution in [2.45, 2.75) is 13.0 Å². The predicted molar refractivity (Wildman–Crippen MR) is 72.6 cm³/mol. The lowest BCUT2D eigenvalue weighted by atomic mass is 10.1. The number of tetrazole rings is 1. The zero-order chi connectivity index (χ0) is 13.2. The van der Waals surface area contributed by atoms with Gasteiger partial charge in [-0.25, -0.2) is 0 Å². The van der Waals surface area contributed by atoms with Crippen LogP contribution in [0.2, 0.25) is 0 Å². The molecular formula is C13H16N6. The Labute approximate surface area is 110 Å². The zero-order valence-electron chi connectivity index (χ0n) is 10.8. The number of nitrogens with two attached hydrogens (primary N) is 1. The van der Waals surface area contributed by atoms with Crippen LogP contribution in [0.5, 0.6) is 0 Å².